The summed E-state index contributed by atoms with van der Waals surface area (Å²) in [5, 5.41) is 11.5. The number of nitrogens with zero attached hydrogens (tertiary/aromatic N) is 1. The van der Waals surface area contributed by atoms with Gasteiger partial charge in [0.25, 0.3) is 5.91 Å². The Balaban J connectivity index is 1.95. The van der Waals surface area contributed by atoms with Gasteiger partial charge in [-0.15, -0.1) is 0 Å². The molecule has 1 atom stereocenters. The molecule has 0 saturated carbocycles. The van der Waals surface area contributed by atoms with E-state index in [0.29, 0.717) is 22.6 Å². The Bertz CT molecular complexity index is 822. The maximum Gasteiger partial charge on any atom is 0.338 e. The van der Waals surface area contributed by atoms with Gasteiger partial charge in [0.2, 0.25) is 0 Å². The molecule has 1 amide bonds. The Morgan fingerprint density at radius 3 is 2.38 bits per heavy atom. The summed E-state index contributed by atoms with van der Waals surface area (Å²) in [5.41, 5.74) is 1.22. The highest BCUT2D eigenvalue weighted by atomic mass is 16.5. The third-order valence-electron chi connectivity index (χ3n) is 3.37. The highest BCUT2D eigenvalue weighted by Gasteiger charge is 2.19. The summed E-state index contributed by atoms with van der Waals surface area (Å²) < 4.78 is 10.7. The van der Waals surface area contributed by atoms with E-state index in [2.05, 4.69) is 5.32 Å². The molecule has 0 aromatic heterocycles. The molecule has 26 heavy (non-hydrogen) atoms. The average Bonchev–Trinajstić information content (AvgIpc) is 2.61. The van der Waals surface area contributed by atoms with Crippen molar-refractivity contribution in [1.82, 2.24) is 0 Å². The Hall–Kier alpha value is -3.33. The number of carbonyl (C=O) groups is 2. The first-order valence-corrected chi connectivity index (χ1v) is 8.17. The molecular weight excluding hydrogens is 332 g/mol. The molecule has 6 heteroatoms. The lowest BCUT2D eigenvalue weighted by molar-refractivity contribution is -0.123. The Labute approximate surface area is 152 Å². The molecule has 0 saturated heterocycles. The number of hydrogen-bond acceptors (Lipinski definition) is 5. The quantitative estimate of drug-likeness (QED) is 0.804. The molecule has 1 N–H and O–H groups in total. The zero-order valence-corrected chi connectivity index (χ0v) is 14.9. The van der Waals surface area contributed by atoms with Crippen molar-refractivity contribution < 1.29 is 19.1 Å². The van der Waals surface area contributed by atoms with Crippen LogP contribution < -0.4 is 10.1 Å². The summed E-state index contributed by atoms with van der Waals surface area (Å²) in [7, 11) is 0. The molecule has 0 radical (unpaired) electrons. The molecule has 0 aliphatic carbocycles. The van der Waals surface area contributed by atoms with E-state index in [1.807, 2.05) is 19.9 Å². The number of anilines is 1. The number of benzene rings is 2. The van der Waals surface area contributed by atoms with Gasteiger partial charge in [-0.1, -0.05) is 6.07 Å². The summed E-state index contributed by atoms with van der Waals surface area (Å²) in [6, 6.07) is 15.0. The minimum atomic E-state index is -0.986. The van der Waals surface area contributed by atoms with Crippen molar-refractivity contribution in [2.24, 2.45) is 0 Å². The fourth-order valence-corrected chi connectivity index (χ4v) is 2.13. The van der Waals surface area contributed by atoms with Gasteiger partial charge in [-0.05, 0) is 63.2 Å². The molecule has 0 heterocycles. The third kappa shape index (κ3) is 5.35. The van der Waals surface area contributed by atoms with Gasteiger partial charge in [0.05, 0.1) is 23.3 Å². The summed E-state index contributed by atoms with van der Waals surface area (Å²) in [6.07, 6.45) is -0.948. The lowest BCUT2D eigenvalue weighted by atomic mass is 10.2. The molecule has 2 rings (SSSR count). The second kappa shape index (κ2) is 8.67. The van der Waals surface area contributed by atoms with Crippen molar-refractivity contribution in [3.63, 3.8) is 0 Å². The Morgan fingerprint density at radius 2 is 1.77 bits per heavy atom. The van der Waals surface area contributed by atoms with Crippen molar-refractivity contribution in [3.05, 3.63) is 59.7 Å². The first kappa shape index (κ1) is 19.0. The predicted octanol–water partition coefficient (Wildman–Crippen LogP) is 3.53. The van der Waals surface area contributed by atoms with E-state index < -0.39 is 18.0 Å². The van der Waals surface area contributed by atoms with Crippen LogP contribution in [0.25, 0.3) is 0 Å². The smallest absolute Gasteiger partial charge is 0.338 e. The van der Waals surface area contributed by atoms with Crippen molar-refractivity contribution in [3.8, 4) is 11.8 Å². The zero-order valence-electron chi connectivity index (χ0n) is 14.9. The van der Waals surface area contributed by atoms with Gasteiger partial charge >= 0.3 is 5.97 Å². The summed E-state index contributed by atoms with van der Waals surface area (Å²) >= 11 is 0. The standard InChI is InChI=1S/C20H20N2O4/c1-13(2)25-18-9-7-16(8-10-18)20(24)26-14(3)19(23)22-17-6-4-5-15(11-17)12-21/h4-11,13-14H,1-3H3,(H,22,23)/t14-/m1/s1. The van der Waals surface area contributed by atoms with Gasteiger partial charge in [0.15, 0.2) is 6.10 Å². The normalized spacial score (nSPS) is 11.3. The first-order chi connectivity index (χ1) is 12.4. The predicted molar refractivity (Wildman–Crippen MR) is 96.9 cm³/mol. The van der Waals surface area contributed by atoms with Crippen molar-refractivity contribution >= 4 is 17.6 Å². The number of ether oxygens (including phenoxy) is 2. The number of carbonyl (C=O) groups excluding carboxylic acids is 2. The van der Waals surface area contributed by atoms with Crippen LogP contribution in [-0.2, 0) is 9.53 Å². The monoisotopic (exact) mass is 352 g/mol. The molecule has 2 aromatic rings. The minimum Gasteiger partial charge on any atom is -0.491 e. The Morgan fingerprint density at radius 1 is 1.08 bits per heavy atom. The number of nitrogens with one attached hydrogen (secondary N) is 1. The lowest BCUT2D eigenvalue weighted by Gasteiger charge is -2.14. The van der Waals surface area contributed by atoms with Gasteiger partial charge in [-0.25, -0.2) is 4.79 Å². The van der Waals surface area contributed by atoms with E-state index >= 15 is 0 Å². The van der Waals surface area contributed by atoms with Crippen molar-refractivity contribution in [2.45, 2.75) is 33.0 Å². The number of nitriles is 1. The molecule has 6 nitrogen and oxygen atoms in total. The van der Waals surface area contributed by atoms with Crippen LogP contribution in [0.1, 0.15) is 36.7 Å². The van der Waals surface area contributed by atoms with Gasteiger partial charge in [-0.3, -0.25) is 4.79 Å². The van der Waals surface area contributed by atoms with Crippen LogP contribution in [0.15, 0.2) is 48.5 Å². The van der Waals surface area contributed by atoms with E-state index in [-0.39, 0.29) is 6.10 Å². The van der Waals surface area contributed by atoms with Gasteiger partial charge in [0, 0.05) is 5.69 Å². The van der Waals surface area contributed by atoms with Crippen LogP contribution in [0.5, 0.6) is 5.75 Å². The number of rotatable bonds is 6. The van der Waals surface area contributed by atoms with E-state index in [0.717, 1.165) is 0 Å². The third-order valence-corrected chi connectivity index (χ3v) is 3.37. The summed E-state index contributed by atoms with van der Waals surface area (Å²) in [4.78, 5) is 24.3. The summed E-state index contributed by atoms with van der Waals surface area (Å²) in [5.74, 6) is -0.428. The van der Waals surface area contributed by atoms with Gasteiger partial charge in [0.1, 0.15) is 5.75 Å². The van der Waals surface area contributed by atoms with Crippen molar-refractivity contribution in [2.75, 3.05) is 5.32 Å². The van der Waals surface area contributed by atoms with E-state index in [4.69, 9.17) is 14.7 Å². The fourth-order valence-electron chi connectivity index (χ4n) is 2.13. The second-order valence-corrected chi connectivity index (χ2v) is 5.92. The highest BCUT2D eigenvalue weighted by molar-refractivity contribution is 5.97. The van der Waals surface area contributed by atoms with Gasteiger partial charge in [-0.2, -0.15) is 5.26 Å². The Kier molecular flexibility index (Phi) is 6.34. The van der Waals surface area contributed by atoms with Crippen LogP contribution in [0, 0.1) is 11.3 Å². The first-order valence-electron chi connectivity index (χ1n) is 8.17. The molecule has 0 spiro atoms. The minimum absolute atomic E-state index is 0.0380. The average molecular weight is 352 g/mol. The molecule has 0 bridgehead atoms. The van der Waals surface area contributed by atoms with E-state index in [1.165, 1.54) is 6.92 Å². The largest absolute Gasteiger partial charge is 0.491 e. The topological polar surface area (TPSA) is 88.4 Å². The molecule has 0 aliphatic rings. The zero-order chi connectivity index (χ0) is 19.1. The molecule has 0 aliphatic heterocycles. The van der Waals surface area contributed by atoms with Crippen LogP contribution in [0.2, 0.25) is 0 Å². The molecule has 134 valence electrons. The number of hydrogen-bond donors (Lipinski definition) is 1. The molecule has 0 fully saturated rings. The lowest BCUT2D eigenvalue weighted by Crippen LogP contribution is -2.30. The molecule has 0 unspecified atom stereocenters. The van der Waals surface area contributed by atoms with Crippen LogP contribution in [0.4, 0.5) is 5.69 Å². The van der Waals surface area contributed by atoms with E-state index in [1.54, 1.807) is 48.5 Å². The number of esters is 1. The van der Waals surface area contributed by atoms with E-state index in [9.17, 15) is 9.59 Å². The highest BCUT2D eigenvalue weighted by Crippen LogP contribution is 2.15. The second-order valence-electron chi connectivity index (χ2n) is 5.92. The SMILES string of the molecule is CC(C)Oc1ccc(C(=O)O[C@H](C)C(=O)Nc2cccc(C#N)c2)cc1. The van der Waals surface area contributed by atoms with Crippen molar-refractivity contribution in [1.29, 1.82) is 5.26 Å². The van der Waals surface area contributed by atoms with Crippen LogP contribution in [-0.4, -0.2) is 24.1 Å². The number of amides is 1. The molecular formula is C20H20N2O4. The van der Waals surface area contributed by atoms with Gasteiger partial charge < -0.3 is 14.8 Å². The fraction of sp³-hybridized carbons (Fsp3) is 0.250. The maximum absolute atomic E-state index is 12.2. The summed E-state index contributed by atoms with van der Waals surface area (Å²) in [6.45, 7) is 5.31. The molecule has 2 aromatic carbocycles. The van der Waals surface area contributed by atoms with Crippen LogP contribution >= 0.6 is 0 Å². The van der Waals surface area contributed by atoms with Crippen LogP contribution in [0.3, 0.4) is 0 Å². The maximum atomic E-state index is 12.2.